The largest absolute Gasteiger partial charge is 0.460 e. The number of alkyl halides is 7. The molecule has 166 valence electrons. The van der Waals surface area contributed by atoms with Crippen LogP contribution in [0.1, 0.15) is 20.8 Å². The minimum Gasteiger partial charge on any atom is -0.292 e. The van der Waals surface area contributed by atoms with Crippen LogP contribution < -0.4 is 5.43 Å². The second-order valence-corrected chi connectivity index (χ2v) is 6.93. The third-order valence-corrected chi connectivity index (χ3v) is 3.52. The normalized spacial score (nSPS) is 13.7. The highest BCUT2D eigenvalue weighted by molar-refractivity contribution is 6.68. The number of anilines is 1. The monoisotopic (exact) mass is 445 g/mol. The van der Waals surface area contributed by atoms with Crippen molar-refractivity contribution in [2.75, 3.05) is 5.43 Å². The second-order valence-electron chi connectivity index (χ2n) is 6.93. The van der Waals surface area contributed by atoms with E-state index in [0.717, 1.165) is 45.0 Å². The smallest absolute Gasteiger partial charge is 0.292 e. The first-order chi connectivity index (χ1) is 13.3. The molecule has 0 aliphatic carbocycles. The van der Waals surface area contributed by atoms with Gasteiger partial charge >= 0.3 is 18.0 Å². The zero-order valence-corrected chi connectivity index (χ0v) is 15.5. The summed E-state index contributed by atoms with van der Waals surface area (Å²) in [7, 11) is 0. The standard InChI is InChI=1S/C16H14F7N3O4/c1-13(2,3)11(27)10(12(28)14(17,18)15(19,20)16(21,22)23)25-24-8-4-6-9(7-5-8)26(29)30/h4-7,24H,1-3H3/b25-10-. The Labute approximate surface area is 164 Å². The van der Waals surface area contributed by atoms with E-state index < -0.39 is 51.3 Å². The Balaban J connectivity index is 3.42. The molecule has 7 nitrogen and oxygen atoms in total. The van der Waals surface area contributed by atoms with E-state index in [1.165, 1.54) is 0 Å². The molecule has 0 aromatic heterocycles. The summed E-state index contributed by atoms with van der Waals surface area (Å²) in [5, 5.41) is 13.6. The van der Waals surface area contributed by atoms with Crippen molar-refractivity contribution in [3.05, 3.63) is 34.4 Å². The molecule has 0 aliphatic rings. The summed E-state index contributed by atoms with van der Waals surface area (Å²) in [5.74, 6) is -17.8. The van der Waals surface area contributed by atoms with Crippen molar-refractivity contribution in [3.8, 4) is 0 Å². The van der Waals surface area contributed by atoms with E-state index >= 15 is 0 Å². The highest BCUT2D eigenvalue weighted by atomic mass is 19.4. The summed E-state index contributed by atoms with van der Waals surface area (Å²) < 4.78 is 91.1. The number of ketones is 2. The van der Waals surface area contributed by atoms with Gasteiger partial charge in [0, 0.05) is 17.5 Å². The number of carbonyl (C=O) groups is 2. The number of carbonyl (C=O) groups excluding carboxylic acids is 2. The van der Waals surface area contributed by atoms with Gasteiger partial charge in [0.1, 0.15) is 0 Å². The van der Waals surface area contributed by atoms with Crippen molar-refractivity contribution < 1.29 is 45.2 Å². The second kappa shape index (κ2) is 7.99. The number of hydrazone groups is 1. The highest BCUT2D eigenvalue weighted by Crippen LogP contribution is 2.47. The Morgan fingerprint density at radius 3 is 1.77 bits per heavy atom. The maximum Gasteiger partial charge on any atom is 0.460 e. The lowest BCUT2D eigenvalue weighted by Gasteiger charge is -2.28. The summed E-state index contributed by atoms with van der Waals surface area (Å²) in [5.41, 5.74) is -2.28. The number of halogens is 7. The average Bonchev–Trinajstić information content (AvgIpc) is 2.59. The van der Waals surface area contributed by atoms with E-state index in [0.29, 0.717) is 0 Å². The van der Waals surface area contributed by atoms with Gasteiger partial charge in [0.15, 0.2) is 11.5 Å². The van der Waals surface area contributed by atoms with Crippen molar-refractivity contribution >= 4 is 28.7 Å². The molecular weight excluding hydrogens is 431 g/mol. The lowest BCUT2D eigenvalue weighted by atomic mass is 9.85. The lowest BCUT2D eigenvalue weighted by molar-refractivity contribution is -0.384. The fourth-order valence-corrected chi connectivity index (χ4v) is 1.81. The molecule has 0 fully saturated rings. The van der Waals surface area contributed by atoms with Gasteiger partial charge in [-0.25, -0.2) is 0 Å². The Kier molecular flexibility index (Phi) is 6.65. The van der Waals surface area contributed by atoms with Crippen molar-refractivity contribution in [2.45, 2.75) is 38.8 Å². The topological polar surface area (TPSA) is 102 Å². The van der Waals surface area contributed by atoms with Crippen LogP contribution in [0.2, 0.25) is 0 Å². The number of rotatable bonds is 7. The molecule has 0 aliphatic heterocycles. The van der Waals surface area contributed by atoms with Crippen LogP contribution >= 0.6 is 0 Å². The molecule has 0 radical (unpaired) electrons. The summed E-state index contributed by atoms with van der Waals surface area (Å²) in [6, 6.07) is 3.76. The molecule has 0 heterocycles. The number of nitrogens with one attached hydrogen (secondary N) is 1. The van der Waals surface area contributed by atoms with Gasteiger partial charge in [0.25, 0.3) is 11.5 Å². The van der Waals surface area contributed by atoms with E-state index in [-0.39, 0.29) is 5.69 Å². The number of benzene rings is 1. The molecule has 0 saturated carbocycles. The van der Waals surface area contributed by atoms with Crippen LogP contribution in [-0.4, -0.2) is 40.2 Å². The van der Waals surface area contributed by atoms with Crippen molar-refractivity contribution in [1.29, 1.82) is 0 Å². The van der Waals surface area contributed by atoms with Crippen LogP contribution in [0.15, 0.2) is 29.4 Å². The summed E-state index contributed by atoms with van der Waals surface area (Å²) in [4.78, 5) is 33.9. The van der Waals surface area contributed by atoms with Crippen LogP contribution in [0.25, 0.3) is 0 Å². The molecule has 0 amide bonds. The molecule has 1 aromatic carbocycles. The van der Waals surface area contributed by atoms with Crippen molar-refractivity contribution in [2.24, 2.45) is 10.5 Å². The third kappa shape index (κ3) is 4.91. The van der Waals surface area contributed by atoms with Crippen LogP contribution in [0.3, 0.4) is 0 Å². The Morgan fingerprint density at radius 2 is 1.40 bits per heavy atom. The van der Waals surface area contributed by atoms with Gasteiger partial charge < -0.3 is 0 Å². The molecule has 30 heavy (non-hydrogen) atoms. The minimum absolute atomic E-state index is 0.210. The van der Waals surface area contributed by atoms with Gasteiger partial charge in [-0.1, -0.05) is 20.8 Å². The number of nitrogens with zero attached hydrogens (tertiary/aromatic N) is 2. The van der Waals surface area contributed by atoms with Crippen molar-refractivity contribution in [1.82, 2.24) is 0 Å². The Bertz CT molecular complexity index is 872. The molecule has 0 saturated heterocycles. The maximum absolute atomic E-state index is 13.8. The van der Waals surface area contributed by atoms with E-state index in [2.05, 4.69) is 5.10 Å². The predicted molar refractivity (Wildman–Crippen MR) is 89.6 cm³/mol. The molecule has 0 bridgehead atoms. The van der Waals surface area contributed by atoms with E-state index in [1.54, 1.807) is 0 Å². The highest BCUT2D eigenvalue weighted by Gasteiger charge is 2.76. The summed E-state index contributed by atoms with van der Waals surface area (Å²) in [6.07, 6.45) is -6.78. The Hall–Kier alpha value is -3.06. The zero-order chi connectivity index (χ0) is 23.7. The van der Waals surface area contributed by atoms with Gasteiger partial charge in [-0.2, -0.15) is 35.8 Å². The van der Waals surface area contributed by atoms with Gasteiger partial charge in [-0.05, 0) is 12.1 Å². The molecule has 14 heteroatoms. The summed E-state index contributed by atoms with van der Waals surface area (Å²) >= 11 is 0. The molecule has 1 N–H and O–H groups in total. The fraction of sp³-hybridized carbons (Fsp3) is 0.438. The maximum atomic E-state index is 13.8. The first-order valence-corrected chi connectivity index (χ1v) is 7.84. The van der Waals surface area contributed by atoms with Crippen molar-refractivity contribution in [3.63, 3.8) is 0 Å². The average molecular weight is 445 g/mol. The number of nitro benzene ring substituents is 1. The fourth-order valence-electron chi connectivity index (χ4n) is 1.81. The predicted octanol–water partition coefficient (Wildman–Crippen LogP) is 4.38. The summed E-state index contributed by atoms with van der Waals surface area (Å²) in [6.45, 7) is 3.26. The van der Waals surface area contributed by atoms with E-state index in [9.17, 15) is 50.4 Å². The number of nitro groups is 1. The number of Topliss-reactive ketones (excluding diaryl/α,β-unsaturated/α-hetero) is 2. The quantitative estimate of drug-likeness (QED) is 0.221. The molecule has 1 rings (SSSR count). The molecule has 0 unspecified atom stereocenters. The zero-order valence-electron chi connectivity index (χ0n) is 15.5. The van der Waals surface area contributed by atoms with Gasteiger partial charge in [0.2, 0.25) is 0 Å². The number of hydrogen-bond donors (Lipinski definition) is 1. The number of hydrogen-bond acceptors (Lipinski definition) is 6. The van der Waals surface area contributed by atoms with Gasteiger partial charge in [-0.15, -0.1) is 0 Å². The van der Waals surface area contributed by atoms with E-state index in [4.69, 9.17) is 0 Å². The molecule has 0 atom stereocenters. The van der Waals surface area contributed by atoms with Crippen LogP contribution in [0.5, 0.6) is 0 Å². The lowest BCUT2D eigenvalue weighted by Crippen LogP contribution is -2.59. The van der Waals surface area contributed by atoms with Crippen LogP contribution in [-0.2, 0) is 9.59 Å². The Morgan fingerprint density at radius 1 is 0.933 bits per heavy atom. The van der Waals surface area contributed by atoms with Gasteiger partial charge in [0.05, 0.1) is 10.6 Å². The molecule has 1 aromatic rings. The first-order valence-electron chi connectivity index (χ1n) is 7.84. The minimum atomic E-state index is -6.78. The third-order valence-electron chi connectivity index (χ3n) is 3.52. The van der Waals surface area contributed by atoms with E-state index in [1.807, 2.05) is 5.43 Å². The van der Waals surface area contributed by atoms with Crippen LogP contribution in [0.4, 0.5) is 42.1 Å². The SMILES string of the molecule is CC(C)(C)C(=O)/C(=N/Nc1ccc([N+](=O)[O-])cc1)C(=O)C(F)(F)C(F)(F)C(F)(F)F. The first kappa shape index (κ1) is 25.0. The molecule has 0 spiro atoms. The molecular formula is C16H14F7N3O4. The van der Waals surface area contributed by atoms with Crippen LogP contribution in [0, 0.1) is 15.5 Å². The van der Waals surface area contributed by atoms with Gasteiger partial charge in [-0.3, -0.25) is 25.1 Å². The number of non-ortho nitro benzene ring substituents is 1.